The van der Waals surface area contributed by atoms with Crippen molar-refractivity contribution < 1.29 is 24.0 Å². The first-order chi connectivity index (χ1) is 15.0. The summed E-state index contributed by atoms with van der Waals surface area (Å²) in [7, 11) is 0. The van der Waals surface area contributed by atoms with Gasteiger partial charge in [0.1, 0.15) is 6.61 Å². The Morgan fingerprint density at radius 3 is 2.45 bits per heavy atom. The van der Waals surface area contributed by atoms with E-state index in [4.69, 9.17) is 9.47 Å². The lowest BCUT2D eigenvalue weighted by atomic mass is 10.1. The van der Waals surface area contributed by atoms with Gasteiger partial charge < -0.3 is 14.8 Å². The molecule has 1 amide bonds. The minimum absolute atomic E-state index is 0.0540. The number of nitrogens with zero attached hydrogens (tertiary/aromatic N) is 2. The third kappa shape index (κ3) is 5.86. The molecule has 0 saturated heterocycles. The van der Waals surface area contributed by atoms with E-state index in [0.29, 0.717) is 18.2 Å². The summed E-state index contributed by atoms with van der Waals surface area (Å²) in [6.07, 6.45) is 1.40. The molecule has 0 aliphatic rings. The maximum atomic E-state index is 12.6. The molecule has 1 heterocycles. The van der Waals surface area contributed by atoms with Crippen molar-refractivity contribution in [2.24, 2.45) is 0 Å². The van der Waals surface area contributed by atoms with Crippen LogP contribution in [0.2, 0.25) is 0 Å². The highest BCUT2D eigenvalue weighted by atomic mass is 16.6. The quantitative estimate of drug-likeness (QED) is 0.331. The number of aromatic nitrogens is 1. The number of hydrogen-bond acceptors (Lipinski definition) is 7. The van der Waals surface area contributed by atoms with E-state index < -0.39 is 22.5 Å². The normalized spacial score (nSPS) is 10.2. The molecule has 158 valence electrons. The van der Waals surface area contributed by atoms with Crippen LogP contribution in [0.4, 0.5) is 11.4 Å². The van der Waals surface area contributed by atoms with Gasteiger partial charge in [0.2, 0.25) is 5.88 Å². The maximum absolute atomic E-state index is 12.6. The molecule has 2 aromatic carbocycles. The lowest BCUT2D eigenvalue weighted by Crippen LogP contribution is -2.14. The summed E-state index contributed by atoms with van der Waals surface area (Å²) in [6, 6.07) is 16.2. The van der Waals surface area contributed by atoms with Gasteiger partial charge >= 0.3 is 5.97 Å². The van der Waals surface area contributed by atoms with E-state index in [1.165, 1.54) is 12.3 Å². The van der Waals surface area contributed by atoms with Crippen molar-refractivity contribution in [3.05, 3.63) is 93.7 Å². The molecule has 0 unspecified atom stereocenters. The largest absolute Gasteiger partial charge is 0.473 e. The molecule has 9 nitrogen and oxygen atoms in total. The summed E-state index contributed by atoms with van der Waals surface area (Å²) in [5, 5.41) is 13.8. The van der Waals surface area contributed by atoms with E-state index in [-0.39, 0.29) is 17.7 Å². The molecule has 0 saturated carbocycles. The minimum atomic E-state index is -0.748. The second kappa shape index (κ2) is 9.97. The van der Waals surface area contributed by atoms with Crippen molar-refractivity contribution in [3.8, 4) is 5.88 Å². The van der Waals surface area contributed by atoms with Gasteiger partial charge in [-0.05, 0) is 24.6 Å². The van der Waals surface area contributed by atoms with Crippen LogP contribution in [0, 0.1) is 10.1 Å². The summed E-state index contributed by atoms with van der Waals surface area (Å²) in [5.74, 6) is -1.00. The summed E-state index contributed by atoms with van der Waals surface area (Å²) >= 11 is 0. The number of anilines is 1. The molecule has 0 aliphatic carbocycles. The molecule has 0 spiro atoms. The number of nitro benzene ring substituents is 1. The molecule has 3 rings (SSSR count). The van der Waals surface area contributed by atoms with Gasteiger partial charge in [-0.1, -0.05) is 30.3 Å². The van der Waals surface area contributed by atoms with Crippen molar-refractivity contribution in [3.63, 3.8) is 0 Å². The second-order valence-electron chi connectivity index (χ2n) is 6.36. The summed E-state index contributed by atoms with van der Waals surface area (Å²) in [5.41, 5.74) is 0.829. The zero-order chi connectivity index (χ0) is 22.2. The summed E-state index contributed by atoms with van der Waals surface area (Å²) in [4.78, 5) is 39.1. The third-order valence-corrected chi connectivity index (χ3v) is 4.13. The predicted molar refractivity (Wildman–Crippen MR) is 112 cm³/mol. The fourth-order valence-electron chi connectivity index (χ4n) is 2.65. The molecule has 3 aromatic rings. The van der Waals surface area contributed by atoms with Crippen LogP contribution in [-0.2, 0) is 11.3 Å². The number of carbonyl (C=O) groups excluding carboxylic acids is 2. The van der Waals surface area contributed by atoms with Crippen LogP contribution in [0.5, 0.6) is 5.88 Å². The monoisotopic (exact) mass is 421 g/mol. The number of nitrogens with one attached hydrogen (secondary N) is 1. The van der Waals surface area contributed by atoms with Gasteiger partial charge in [0.05, 0.1) is 29.0 Å². The van der Waals surface area contributed by atoms with E-state index >= 15 is 0 Å². The topological polar surface area (TPSA) is 121 Å². The Morgan fingerprint density at radius 2 is 1.81 bits per heavy atom. The van der Waals surface area contributed by atoms with Gasteiger partial charge in [0.15, 0.2) is 0 Å². The van der Waals surface area contributed by atoms with E-state index in [1.54, 1.807) is 19.1 Å². The number of benzene rings is 2. The van der Waals surface area contributed by atoms with E-state index in [9.17, 15) is 19.7 Å². The number of ether oxygens (including phenoxy) is 2. The molecule has 0 atom stereocenters. The first-order valence-corrected chi connectivity index (χ1v) is 9.37. The highest BCUT2D eigenvalue weighted by molar-refractivity contribution is 6.06. The minimum Gasteiger partial charge on any atom is -0.473 e. The first-order valence-electron chi connectivity index (χ1n) is 9.37. The van der Waals surface area contributed by atoms with Crippen molar-refractivity contribution in [2.45, 2.75) is 13.5 Å². The van der Waals surface area contributed by atoms with Crippen LogP contribution < -0.4 is 10.1 Å². The first kappa shape index (κ1) is 21.4. The SMILES string of the molecule is CCOC(=O)c1cc(C(=O)Nc2ccc(OCc3ccccc3)nc2)cc([N+](=O)[O-])c1. The van der Waals surface area contributed by atoms with E-state index in [1.807, 2.05) is 30.3 Å². The van der Waals surface area contributed by atoms with Gasteiger partial charge in [-0.3, -0.25) is 14.9 Å². The number of esters is 1. The Hall–Kier alpha value is -4.27. The molecular formula is C22H19N3O6. The average molecular weight is 421 g/mol. The molecule has 0 radical (unpaired) electrons. The Morgan fingerprint density at radius 1 is 1.06 bits per heavy atom. The van der Waals surface area contributed by atoms with Gasteiger partial charge in [0.25, 0.3) is 11.6 Å². The van der Waals surface area contributed by atoms with Crippen LogP contribution in [0.1, 0.15) is 33.2 Å². The highest BCUT2D eigenvalue weighted by Gasteiger charge is 2.19. The smallest absolute Gasteiger partial charge is 0.338 e. The predicted octanol–water partition coefficient (Wildman–Crippen LogP) is 4.00. The van der Waals surface area contributed by atoms with Crippen LogP contribution in [-0.4, -0.2) is 28.4 Å². The zero-order valence-electron chi connectivity index (χ0n) is 16.6. The average Bonchev–Trinajstić information content (AvgIpc) is 2.79. The van der Waals surface area contributed by atoms with Crippen LogP contribution in [0.25, 0.3) is 0 Å². The van der Waals surface area contributed by atoms with Crippen molar-refractivity contribution in [2.75, 3.05) is 11.9 Å². The van der Waals surface area contributed by atoms with Crippen LogP contribution in [0.15, 0.2) is 66.9 Å². The van der Waals surface area contributed by atoms with Gasteiger partial charge in [-0.15, -0.1) is 0 Å². The fraction of sp³-hybridized carbons (Fsp3) is 0.136. The van der Waals surface area contributed by atoms with Gasteiger partial charge in [-0.25, -0.2) is 9.78 Å². The molecular weight excluding hydrogens is 402 g/mol. The third-order valence-electron chi connectivity index (χ3n) is 4.13. The van der Waals surface area contributed by atoms with Gasteiger partial charge in [-0.2, -0.15) is 0 Å². The lowest BCUT2D eigenvalue weighted by molar-refractivity contribution is -0.384. The fourth-order valence-corrected chi connectivity index (χ4v) is 2.65. The summed E-state index contributed by atoms with van der Waals surface area (Å²) < 4.78 is 10.5. The highest BCUT2D eigenvalue weighted by Crippen LogP contribution is 2.20. The molecule has 1 N–H and O–H groups in total. The number of rotatable bonds is 8. The van der Waals surface area contributed by atoms with Crippen molar-refractivity contribution in [1.29, 1.82) is 0 Å². The Balaban J connectivity index is 1.70. The number of non-ortho nitro benzene ring substituents is 1. The number of nitro groups is 1. The molecule has 0 fully saturated rings. The van der Waals surface area contributed by atoms with Crippen LogP contribution >= 0.6 is 0 Å². The second-order valence-corrected chi connectivity index (χ2v) is 6.36. The standard InChI is InChI=1S/C22H19N3O6/c1-2-30-22(27)17-10-16(11-19(12-17)25(28)29)21(26)24-18-8-9-20(23-13-18)31-14-15-6-4-3-5-7-15/h3-13H,2,14H2,1H3,(H,24,26). The maximum Gasteiger partial charge on any atom is 0.338 e. The van der Waals surface area contributed by atoms with Gasteiger partial charge in [0, 0.05) is 23.8 Å². The Kier molecular flexibility index (Phi) is 6.89. The zero-order valence-corrected chi connectivity index (χ0v) is 16.6. The Bertz CT molecular complexity index is 1080. The molecule has 0 bridgehead atoms. The number of hydrogen-bond donors (Lipinski definition) is 1. The molecule has 1 aromatic heterocycles. The number of amides is 1. The number of carbonyl (C=O) groups is 2. The molecule has 31 heavy (non-hydrogen) atoms. The van der Waals surface area contributed by atoms with E-state index in [0.717, 1.165) is 17.7 Å². The molecule has 0 aliphatic heterocycles. The van der Waals surface area contributed by atoms with Crippen molar-refractivity contribution in [1.82, 2.24) is 4.98 Å². The molecule has 9 heteroatoms. The lowest BCUT2D eigenvalue weighted by Gasteiger charge is -2.09. The number of pyridine rings is 1. The van der Waals surface area contributed by atoms with Crippen molar-refractivity contribution >= 4 is 23.3 Å². The van der Waals surface area contributed by atoms with E-state index in [2.05, 4.69) is 10.3 Å². The summed E-state index contributed by atoms with van der Waals surface area (Å²) in [6.45, 7) is 2.07. The van der Waals surface area contributed by atoms with Crippen LogP contribution in [0.3, 0.4) is 0 Å². The Labute approximate surface area is 177 Å².